The molecular formula is C11H8BrNO2. The number of nitrogens with zero attached hydrogens (tertiary/aromatic N) is 1. The summed E-state index contributed by atoms with van der Waals surface area (Å²) in [5, 5.41) is 0. The summed E-state index contributed by atoms with van der Waals surface area (Å²) in [5.74, 6) is 0.136. The molecule has 0 aromatic heterocycles. The summed E-state index contributed by atoms with van der Waals surface area (Å²) >= 11 is 3.33. The lowest BCUT2D eigenvalue weighted by atomic mass is 9.71. The Labute approximate surface area is 95.3 Å². The summed E-state index contributed by atoms with van der Waals surface area (Å²) in [7, 11) is 0. The van der Waals surface area contributed by atoms with Gasteiger partial charge < -0.3 is 0 Å². The van der Waals surface area contributed by atoms with Gasteiger partial charge in [0.2, 0.25) is 6.08 Å². The zero-order chi connectivity index (χ0) is 10.9. The summed E-state index contributed by atoms with van der Waals surface area (Å²) in [6, 6.07) is 7.50. The average molecular weight is 266 g/mol. The van der Waals surface area contributed by atoms with Crippen molar-refractivity contribution in [3.8, 4) is 0 Å². The number of Topliss-reactive ketones (excluding diaryl/α,β-unsaturated/α-hetero) is 1. The Morgan fingerprint density at radius 2 is 1.87 bits per heavy atom. The van der Waals surface area contributed by atoms with Crippen LogP contribution >= 0.6 is 15.9 Å². The molecule has 0 heterocycles. The first-order valence-electron chi connectivity index (χ1n) is 4.53. The summed E-state index contributed by atoms with van der Waals surface area (Å²) in [4.78, 5) is 25.1. The van der Waals surface area contributed by atoms with E-state index in [1.165, 1.54) is 0 Å². The molecule has 0 spiro atoms. The minimum atomic E-state index is -0.639. The van der Waals surface area contributed by atoms with E-state index in [4.69, 9.17) is 0 Å². The molecule has 1 aromatic rings. The second-order valence-electron chi connectivity index (χ2n) is 3.63. The SMILES string of the molecule is O=C=NC1(c2ccc(Br)cc2)CC(=O)C1. The Morgan fingerprint density at radius 3 is 2.33 bits per heavy atom. The summed E-state index contributed by atoms with van der Waals surface area (Å²) in [6.07, 6.45) is 2.17. The zero-order valence-electron chi connectivity index (χ0n) is 7.87. The number of hydrogen-bond donors (Lipinski definition) is 0. The van der Waals surface area contributed by atoms with E-state index in [1.54, 1.807) is 6.08 Å². The normalized spacial score (nSPS) is 17.8. The number of isocyanates is 1. The third-order valence-corrected chi connectivity index (χ3v) is 3.15. The van der Waals surface area contributed by atoms with Gasteiger partial charge in [-0.1, -0.05) is 28.1 Å². The predicted octanol–water partition coefficient (Wildman–Crippen LogP) is 2.34. The zero-order valence-corrected chi connectivity index (χ0v) is 9.45. The molecule has 1 fully saturated rings. The van der Waals surface area contributed by atoms with Crippen molar-refractivity contribution in [1.29, 1.82) is 0 Å². The Hall–Kier alpha value is -1.25. The molecule has 0 unspecified atom stereocenters. The number of rotatable bonds is 2. The minimum Gasteiger partial charge on any atom is -0.299 e. The predicted molar refractivity (Wildman–Crippen MR) is 58.2 cm³/mol. The van der Waals surface area contributed by atoms with Gasteiger partial charge in [0.05, 0.1) is 0 Å². The average Bonchev–Trinajstić information content (AvgIpc) is 2.16. The molecule has 0 N–H and O–H groups in total. The van der Waals surface area contributed by atoms with Crippen LogP contribution in [-0.4, -0.2) is 11.9 Å². The maximum absolute atomic E-state index is 11.0. The van der Waals surface area contributed by atoms with Gasteiger partial charge in [-0.15, -0.1) is 0 Å². The van der Waals surface area contributed by atoms with E-state index in [0.717, 1.165) is 10.0 Å². The fourth-order valence-corrected chi connectivity index (χ4v) is 2.06. The van der Waals surface area contributed by atoms with Crippen molar-refractivity contribution in [2.45, 2.75) is 18.4 Å². The first-order chi connectivity index (χ1) is 7.16. The fourth-order valence-electron chi connectivity index (χ4n) is 1.80. The Kier molecular flexibility index (Phi) is 2.55. The molecule has 1 aromatic carbocycles. The van der Waals surface area contributed by atoms with Gasteiger partial charge >= 0.3 is 0 Å². The molecule has 4 heteroatoms. The molecule has 1 aliphatic rings. The Morgan fingerprint density at radius 1 is 1.27 bits per heavy atom. The van der Waals surface area contributed by atoms with E-state index >= 15 is 0 Å². The van der Waals surface area contributed by atoms with Gasteiger partial charge in [-0.25, -0.2) is 4.79 Å². The second-order valence-corrected chi connectivity index (χ2v) is 4.55. The van der Waals surface area contributed by atoms with E-state index < -0.39 is 5.54 Å². The minimum absolute atomic E-state index is 0.136. The van der Waals surface area contributed by atoms with Crippen molar-refractivity contribution in [3.63, 3.8) is 0 Å². The molecular weight excluding hydrogens is 258 g/mol. The fraction of sp³-hybridized carbons (Fsp3) is 0.273. The quantitative estimate of drug-likeness (QED) is 0.609. The summed E-state index contributed by atoms with van der Waals surface area (Å²) in [6.45, 7) is 0. The molecule has 1 aliphatic carbocycles. The van der Waals surface area contributed by atoms with Crippen molar-refractivity contribution in [1.82, 2.24) is 0 Å². The van der Waals surface area contributed by atoms with Crippen LogP contribution in [0.3, 0.4) is 0 Å². The van der Waals surface area contributed by atoms with Crippen molar-refractivity contribution >= 4 is 27.8 Å². The van der Waals surface area contributed by atoms with Crippen LogP contribution in [0, 0.1) is 0 Å². The van der Waals surface area contributed by atoms with Crippen molar-refractivity contribution in [2.24, 2.45) is 4.99 Å². The first-order valence-corrected chi connectivity index (χ1v) is 5.32. The topological polar surface area (TPSA) is 46.5 Å². The van der Waals surface area contributed by atoms with Gasteiger partial charge in [-0.3, -0.25) is 4.79 Å². The number of ketones is 1. The third-order valence-electron chi connectivity index (χ3n) is 2.62. The molecule has 0 aliphatic heterocycles. The number of benzene rings is 1. The van der Waals surface area contributed by atoms with Crippen LogP contribution in [0.1, 0.15) is 18.4 Å². The molecule has 0 bridgehead atoms. The highest BCUT2D eigenvalue weighted by Gasteiger charge is 2.45. The van der Waals surface area contributed by atoms with Crippen LogP contribution in [0.25, 0.3) is 0 Å². The Balaban J connectivity index is 2.38. The molecule has 0 atom stereocenters. The van der Waals surface area contributed by atoms with Gasteiger partial charge in [-0.2, -0.15) is 4.99 Å². The highest BCUT2D eigenvalue weighted by molar-refractivity contribution is 9.10. The van der Waals surface area contributed by atoms with E-state index in [1.807, 2.05) is 24.3 Å². The molecule has 0 saturated heterocycles. The van der Waals surface area contributed by atoms with Crippen LogP contribution in [-0.2, 0) is 15.1 Å². The highest BCUT2D eigenvalue weighted by Crippen LogP contribution is 2.42. The number of carbonyl (C=O) groups is 1. The summed E-state index contributed by atoms with van der Waals surface area (Å²) < 4.78 is 0.960. The van der Waals surface area contributed by atoms with Crippen LogP contribution in [0.15, 0.2) is 33.7 Å². The van der Waals surface area contributed by atoms with Gasteiger partial charge in [0.15, 0.2) is 0 Å². The monoisotopic (exact) mass is 265 g/mol. The van der Waals surface area contributed by atoms with E-state index in [2.05, 4.69) is 20.9 Å². The molecule has 76 valence electrons. The molecule has 15 heavy (non-hydrogen) atoms. The van der Waals surface area contributed by atoms with Crippen LogP contribution in [0.2, 0.25) is 0 Å². The molecule has 2 rings (SSSR count). The molecule has 1 saturated carbocycles. The largest absolute Gasteiger partial charge is 0.299 e. The van der Waals surface area contributed by atoms with Crippen LogP contribution in [0.4, 0.5) is 0 Å². The maximum Gasteiger partial charge on any atom is 0.235 e. The van der Waals surface area contributed by atoms with Gasteiger partial charge in [0.25, 0.3) is 0 Å². The molecule has 0 radical (unpaired) electrons. The van der Waals surface area contributed by atoms with Crippen molar-refractivity contribution in [3.05, 3.63) is 34.3 Å². The van der Waals surface area contributed by atoms with Gasteiger partial charge in [0.1, 0.15) is 11.3 Å². The lowest BCUT2D eigenvalue weighted by molar-refractivity contribution is -0.128. The highest BCUT2D eigenvalue weighted by atomic mass is 79.9. The standard InChI is InChI=1S/C11H8BrNO2/c12-9-3-1-8(2-4-9)11(13-7-14)5-10(15)6-11/h1-4H,5-6H2. The smallest absolute Gasteiger partial charge is 0.235 e. The number of carbonyl (C=O) groups excluding carboxylic acids is 2. The molecule has 0 amide bonds. The maximum atomic E-state index is 11.0. The van der Waals surface area contributed by atoms with E-state index in [0.29, 0.717) is 12.8 Å². The lowest BCUT2D eigenvalue weighted by Crippen LogP contribution is -2.39. The van der Waals surface area contributed by atoms with Gasteiger partial charge in [0, 0.05) is 17.3 Å². The first kappa shape index (κ1) is 10.3. The number of aliphatic imine (C=N–C) groups is 1. The van der Waals surface area contributed by atoms with Crippen LogP contribution < -0.4 is 0 Å². The molecule has 3 nitrogen and oxygen atoms in total. The lowest BCUT2D eigenvalue weighted by Gasteiger charge is -2.35. The van der Waals surface area contributed by atoms with E-state index in [-0.39, 0.29) is 5.78 Å². The van der Waals surface area contributed by atoms with Crippen LogP contribution in [0.5, 0.6) is 0 Å². The Bertz CT molecular complexity index is 438. The number of hydrogen-bond acceptors (Lipinski definition) is 3. The van der Waals surface area contributed by atoms with Crippen molar-refractivity contribution < 1.29 is 9.59 Å². The number of halogens is 1. The third kappa shape index (κ3) is 1.78. The summed E-state index contributed by atoms with van der Waals surface area (Å²) in [5.41, 5.74) is 0.258. The van der Waals surface area contributed by atoms with Gasteiger partial charge in [-0.05, 0) is 17.7 Å². The van der Waals surface area contributed by atoms with E-state index in [9.17, 15) is 9.59 Å². The second kappa shape index (κ2) is 3.72. The van der Waals surface area contributed by atoms with Crippen molar-refractivity contribution in [2.75, 3.05) is 0 Å².